The summed E-state index contributed by atoms with van der Waals surface area (Å²) < 4.78 is 6.06. The third-order valence-corrected chi connectivity index (χ3v) is 5.61. The predicted octanol–water partition coefficient (Wildman–Crippen LogP) is 2.62. The number of ether oxygens (including phenoxy) is 1. The lowest BCUT2D eigenvalue weighted by Crippen LogP contribution is -2.50. The summed E-state index contributed by atoms with van der Waals surface area (Å²) in [6, 6.07) is 8.07. The van der Waals surface area contributed by atoms with Crippen LogP contribution < -0.4 is 4.74 Å². The van der Waals surface area contributed by atoms with Gasteiger partial charge >= 0.3 is 0 Å². The number of amides is 1. The molecule has 0 aromatic carbocycles. The molecule has 0 bridgehead atoms. The van der Waals surface area contributed by atoms with E-state index in [0.29, 0.717) is 11.6 Å². The van der Waals surface area contributed by atoms with Crippen molar-refractivity contribution in [3.05, 3.63) is 54.6 Å². The van der Waals surface area contributed by atoms with E-state index >= 15 is 0 Å². The number of aromatic nitrogens is 2. The Balaban J connectivity index is 1.23. The third kappa shape index (κ3) is 4.45. The van der Waals surface area contributed by atoms with Gasteiger partial charge in [0.05, 0.1) is 5.56 Å². The van der Waals surface area contributed by atoms with Gasteiger partial charge in [0.25, 0.3) is 5.91 Å². The van der Waals surface area contributed by atoms with Gasteiger partial charge in [-0.05, 0) is 49.9 Å². The summed E-state index contributed by atoms with van der Waals surface area (Å²) in [7, 11) is 0. The average Bonchev–Trinajstić information content (AvgIpc) is 2.75. The second-order valence-electron chi connectivity index (χ2n) is 7.30. The van der Waals surface area contributed by atoms with E-state index in [1.807, 2.05) is 29.2 Å². The van der Waals surface area contributed by atoms with Gasteiger partial charge in [-0.15, -0.1) is 0 Å². The standard InChI is InChI=1S/C21H26N4O2/c26-21(17-2-1-9-23-16-17)25-12-5-18(6-13-25)24-14-7-20(8-15-24)27-19-3-10-22-11-4-19/h1-4,9-11,16,18,20H,5-8,12-15H2. The molecule has 0 radical (unpaired) electrons. The number of hydrogen-bond donors (Lipinski definition) is 0. The van der Waals surface area contributed by atoms with Crippen molar-refractivity contribution in [1.29, 1.82) is 0 Å². The molecule has 6 nitrogen and oxygen atoms in total. The van der Waals surface area contributed by atoms with Gasteiger partial charge in [-0.2, -0.15) is 0 Å². The highest BCUT2D eigenvalue weighted by Gasteiger charge is 2.30. The minimum atomic E-state index is 0.103. The summed E-state index contributed by atoms with van der Waals surface area (Å²) in [4.78, 5) is 25.2. The van der Waals surface area contributed by atoms with Crippen LogP contribution in [-0.2, 0) is 0 Å². The first-order valence-electron chi connectivity index (χ1n) is 9.79. The summed E-state index contributed by atoms with van der Waals surface area (Å²) >= 11 is 0. The molecule has 142 valence electrons. The van der Waals surface area contributed by atoms with E-state index in [1.165, 1.54) is 0 Å². The van der Waals surface area contributed by atoms with Gasteiger partial charge in [-0.1, -0.05) is 0 Å². The number of carbonyl (C=O) groups is 1. The minimum Gasteiger partial charge on any atom is -0.490 e. The minimum absolute atomic E-state index is 0.103. The van der Waals surface area contributed by atoms with Crippen molar-refractivity contribution in [3.8, 4) is 5.75 Å². The first-order chi connectivity index (χ1) is 13.3. The molecule has 0 spiro atoms. The summed E-state index contributed by atoms with van der Waals surface area (Å²) in [5.74, 6) is 1.01. The van der Waals surface area contributed by atoms with Crippen LogP contribution in [0.25, 0.3) is 0 Å². The summed E-state index contributed by atoms with van der Waals surface area (Å²) in [5, 5.41) is 0. The zero-order valence-corrected chi connectivity index (χ0v) is 15.5. The molecule has 6 heteroatoms. The molecule has 2 fully saturated rings. The molecular formula is C21H26N4O2. The number of hydrogen-bond acceptors (Lipinski definition) is 5. The normalized spacial score (nSPS) is 19.8. The first-order valence-corrected chi connectivity index (χ1v) is 9.79. The Labute approximate surface area is 160 Å². The molecule has 0 N–H and O–H groups in total. The molecular weight excluding hydrogens is 340 g/mol. The molecule has 2 aromatic rings. The van der Waals surface area contributed by atoms with Crippen molar-refractivity contribution >= 4 is 5.91 Å². The molecule has 4 heterocycles. The van der Waals surface area contributed by atoms with Crippen molar-refractivity contribution in [2.45, 2.75) is 37.8 Å². The SMILES string of the molecule is O=C(c1cccnc1)N1CCC(N2CCC(Oc3ccncc3)CC2)CC1. The fourth-order valence-electron chi connectivity index (χ4n) is 4.07. The van der Waals surface area contributed by atoms with Gasteiger partial charge in [0.1, 0.15) is 11.9 Å². The van der Waals surface area contributed by atoms with E-state index in [9.17, 15) is 4.79 Å². The maximum Gasteiger partial charge on any atom is 0.255 e. The molecule has 0 saturated carbocycles. The molecule has 4 rings (SSSR count). The molecule has 0 aliphatic carbocycles. The molecule has 0 unspecified atom stereocenters. The molecule has 2 aliphatic heterocycles. The first kappa shape index (κ1) is 17.9. The molecule has 0 atom stereocenters. The monoisotopic (exact) mass is 366 g/mol. The van der Waals surface area contributed by atoms with Crippen molar-refractivity contribution in [2.75, 3.05) is 26.2 Å². The third-order valence-electron chi connectivity index (χ3n) is 5.61. The van der Waals surface area contributed by atoms with Crippen LogP contribution in [0.4, 0.5) is 0 Å². The van der Waals surface area contributed by atoms with Gasteiger partial charge in [-0.25, -0.2) is 0 Å². The van der Waals surface area contributed by atoms with Crippen molar-refractivity contribution in [1.82, 2.24) is 19.8 Å². The van der Waals surface area contributed by atoms with Crippen LogP contribution in [0.1, 0.15) is 36.0 Å². The second kappa shape index (κ2) is 8.48. The van der Waals surface area contributed by atoms with Crippen molar-refractivity contribution in [3.63, 3.8) is 0 Å². The summed E-state index contributed by atoms with van der Waals surface area (Å²) in [6.45, 7) is 3.78. The van der Waals surface area contributed by atoms with Crippen molar-refractivity contribution in [2.24, 2.45) is 0 Å². The van der Waals surface area contributed by atoms with Crippen LogP contribution in [0.2, 0.25) is 0 Å². The molecule has 1 amide bonds. The quantitative estimate of drug-likeness (QED) is 0.833. The Morgan fingerprint density at radius 3 is 2.33 bits per heavy atom. The Morgan fingerprint density at radius 1 is 0.926 bits per heavy atom. The second-order valence-corrected chi connectivity index (χ2v) is 7.30. The maximum atomic E-state index is 12.6. The average molecular weight is 366 g/mol. The maximum absolute atomic E-state index is 12.6. The molecule has 2 saturated heterocycles. The van der Waals surface area contributed by atoms with E-state index < -0.39 is 0 Å². The fraction of sp³-hybridized carbons (Fsp3) is 0.476. The largest absolute Gasteiger partial charge is 0.490 e. The highest BCUT2D eigenvalue weighted by molar-refractivity contribution is 5.93. The topological polar surface area (TPSA) is 58.6 Å². The zero-order chi connectivity index (χ0) is 18.5. The van der Waals surface area contributed by atoms with E-state index in [2.05, 4.69) is 14.9 Å². The number of likely N-dealkylation sites (tertiary alicyclic amines) is 2. The van der Waals surface area contributed by atoms with Gasteiger partial charge in [-0.3, -0.25) is 19.7 Å². The van der Waals surface area contributed by atoms with Gasteiger partial charge in [0.15, 0.2) is 0 Å². The van der Waals surface area contributed by atoms with Gasteiger partial charge in [0, 0.05) is 57.0 Å². The van der Waals surface area contributed by atoms with Gasteiger partial charge in [0.2, 0.25) is 0 Å². The Morgan fingerprint density at radius 2 is 1.67 bits per heavy atom. The van der Waals surface area contributed by atoms with Crippen LogP contribution in [-0.4, -0.2) is 64.0 Å². The summed E-state index contributed by atoms with van der Waals surface area (Å²) in [6.07, 6.45) is 11.4. The molecule has 27 heavy (non-hydrogen) atoms. The molecule has 2 aromatic heterocycles. The number of piperidine rings is 2. The number of nitrogens with zero attached hydrogens (tertiary/aromatic N) is 4. The number of carbonyl (C=O) groups excluding carboxylic acids is 1. The highest BCUT2D eigenvalue weighted by Crippen LogP contribution is 2.24. The van der Waals surface area contributed by atoms with Crippen LogP contribution in [0.3, 0.4) is 0 Å². The Hall–Kier alpha value is -2.47. The fourth-order valence-corrected chi connectivity index (χ4v) is 4.07. The smallest absolute Gasteiger partial charge is 0.255 e. The predicted molar refractivity (Wildman–Crippen MR) is 103 cm³/mol. The van der Waals surface area contributed by atoms with E-state index in [-0.39, 0.29) is 12.0 Å². The van der Waals surface area contributed by atoms with Gasteiger partial charge < -0.3 is 9.64 Å². The van der Waals surface area contributed by atoms with Crippen LogP contribution in [0.5, 0.6) is 5.75 Å². The highest BCUT2D eigenvalue weighted by atomic mass is 16.5. The Kier molecular flexibility index (Phi) is 5.63. The summed E-state index contributed by atoms with van der Waals surface area (Å²) in [5.41, 5.74) is 0.685. The Bertz CT molecular complexity index is 724. The van der Waals surface area contributed by atoms with Crippen LogP contribution in [0, 0.1) is 0 Å². The van der Waals surface area contributed by atoms with Crippen LogP contribution in [0.15, 0.2) is 49.1 Å². The van der Waals surface area contributed by atoms with Crippen LogP contribution >= 0.6 is 0 Å². The number of rotatable bonds is 4. The zero-order valence-electron chi connectivity index (χ0n) is 15.5. The number of pyridine rings is 2. The van der Waals surface area contributed by atoms with Crippen molar-refractivity contribution < 1.29 is 9.53 Å². The van der Waals surface area contributed by atoms with E-state index in [0.717, 1.165) is 57.6 Å². The van der Waals surface area contributed by atoms with E-state index in [1.54, 1.807) is 24.8 Å². The lowest BCUT2D eigenvalue weighted by Gasteiger charge is -2.41. The van der Waals surface area contributed by atoms with E-state index in [4.69, 9.17) is 4.74 Å². The lowest BCUT2D eigenvalue weighted by atomic mass is 9.98. The molecule has 2 aliphatic rings. The lowest BCUT2D eigenvalue weighted by molar-refractivity contribution is 0.0425.